The number of hydrogen-bond donors (Lipinski definition) is 1. The molecule has 0 atom stereocenters. The fraction of sp³-hybridized carbons (Fsp3) is 0.524. The van der Waals surface area contributed by atoms with Gasteiger partial charge in [-0.25, -0.2) is 4.98 Å². The van der Waals surface area contributed by atoms with E-state index in [2.05, 4.69) is 28.2 Å². The van der Waals surface area contributed by atoms with E-state index in [1.54, 1.807) is 14.2 Å². The maximum absolute atomic E-state index is 5.38. The van der Waals surface area contributed by atoms with Crippen molar-refractivity contribution in [2.24, 2.45) is 5.92 Å². The van der Waals surface area contributed by atoms with E-state index < -0.39 is 0 Å². The third-order valence-electron chi connectivity index (χ3n) is 5.08. The van der Waals surface area contributed by atoms with Crippen molar-refractivity contribution in [3.8, 4) is 11.5 Å². The van der Waals surface area contributed by atoms with E-state index in [9.17, 15) is 0 Å². The van der Waals surface area contributed by atoms with E-state index >= 15 is 0 Å². The molecule has 1 aromatic carbocycles. The molecule has 27 heavy (non-hydrogen) atoms. The Morgan fingerprint density at radius 3 is 2.52 bits per heavy atom. The summed E-state index contributed by atoms with van der Waals surface area (Å²) in [6.07, 6.45) is 3.29. The largest absolute Gasteiger partial charge is 0.493 e. The van der Waals surface area contributed by atoms with Gasteiger partial charge in [0.25, 0.3) is 0 Å². The number of benzene rings is 1. The second-order valence-corrected chi connectivity index (χ2v) is 7.23. The topological polar surface area (TPSA) is 59.5 Å². The molecule has 6 nitrogen and oxygen atoms in total. The van der Waals surface area contributed by atoms with Gasteiger partial charge < -0.3 is 19.7 Å². The molecule has 1 aromatic heterocycles. The number of nitrogens with one attached hydrogen (secondary N) is 1. The first kappa shape index (κ1) is 19.3. The summed E-state index contributed by atoms with van der Waals surface area (Å²) in [6.45, 7) is 7.21. The summed E-state index contributed by atoms with van der Waals surface area (Å²) in [7, 11) is 3.31. The Bertz CT molecular complexity index is 758. The van der Waals surface area contributed by atoms with Crippen molar-refractivity contribution < 1.29 is 9.47 Å². The van der Waals surface area contributed by atoms with Gasteiger partial charge in [-0.05, 0) is 49.8 Å². The van der Waals surface area contributed by atoms with Crippen LogP contribution in [-0.2, 0) is 6.42 Å². The maximum Gasteiger partial charge on any atom is 0.227 e. The molecule has 146 valence electrons. The van der Waals surface area contributed by atoms with Crippen molar-refractivity contribution in [3.05, 3.63) is 35.5 Å². The predicted octanol–water partition coefficient (Wildman–Crippen LogP) is 3.69. The minimum atomic E-state index is 0.751. The van der Waals surface area contributed by atoms with E-state index in [1.807, 2.05) is 25.1 Å². The molecule has 0 aliphatic carbocycles. The number of ether oxygens (including phenoxy) is 2. The summed E-state index contributed by atoms with van der Waals surface area (Å²) in [5, 5.41) is 3.44. The van der Waals surface area contributed by atoms with Crippen LogP contribution in [0, 0.1) is 12.8 Å². The standard InChI is InChI=1S/C21H30N4O2/c1-15-8-11-25(12-9-15)21-23-16(2)13-20(24-21)22-10-7-17-5-6-18(26-3)19(14-17)27-4/h5-6,13-15H,7-12H2,1-4H3,(H,22,23,24). The second-order valence-electron chi connectivity index (χ2n) is 7.23. The summed E-state index contributed by atoms with van der Waals surface area (Å²) < 4.78 is 10.7. The highest BCUT2D eigenvalue weighted by Crippen LogP contribution is 2.27. The van der Waals surface area contributed by atoms with Gasteiger partial charge in [-0.2, -0.15) is 4.98 Å². The maximum atomic E-state index is 5.38. The fourth-order valence-electron chi connectivity index (χ4n) is 3.36. The van der Waals surface area contributed by atoms with E-state index in [1.165, 1.54) is 18.4 Å². The summed E-state index contributed by atoms with van der Waals surface area (Å²) in [6, 6.07) is 8.03. The lowest BCUT2D eigenvalue weighted by Crippen LogP contribution is -2.34. The number of hydrogen-bond acceptors (Lipinski definition) is 6. The molecule has 0 saturated carbocycles. The highest BCUT2D eigenvalue weighted by molar-refractivity contribution is 5.45. The Morgan fingerprint density at radius 1 is 1.07 bits per heavy atom. The van der Waals surface area contributed by atoms with Crippen LogP contribution in [0.1, 0.15) is 31.0 Å². The van der Waals surface area contributed by atoms with Gasteiger partial charge in [-0.15, -0.1) is 0 Å². The molecule has 0 spiro atoms. The molecule has 2 heterocycles. The summed E-state index contributed by atoms with van der Waals surface area (Å²) in [5.74, 6) is 4.04. The molecule has 1 aliphatic heterocycles. The molecule has 0 amide bonds. The van der Waals surface area contributed by atoms with Gasteiger partial charge in [-0.1, -0.05) is 13.0 Å². The fourth-order valence-corrected chi connectivity index (χ4v) is 3.36. The van der Waals surface area contributed by atoms with Gasteiger partial charge in [0.15, 0.2) is 11.5 Å². The van der Waals surface area contributed by atoms with Crippen LogP contribution in [0.25, 0.3) is 0 Å². The average molecular weight is 370 g/mol. The quantitative estimate of drug-likeness (QED) is 0.802. The number of methoxy groups -OCH3 is 2. The van der Waals surface area contributed by atoms with Gasteiger partial charge in [0.1, 0.15) is 5.82 Å². The number of nitrogens with zero attached hydrogens (tertiary/aromatic N) is 3. The van der Waals surface area contributed by atoms with Crippen LogP contribution in [0.3, 0.4) is 0 Å². The Balaban J connectivity index is 1.61. The monoisotopic (exact) mass is 370 g/mol. The van der Waals surface area contributed by atoms with Crippen molar-refractivity contribution in [1.82, 2.24) is 9.97 Å². The lowest BCUT2D eigenvalue weighted by molar-refractivity contribution is 0.354. The summed E-state index contributed by atoms with van der Waals surface area (Å²) in [4.78, 5) is 11.7. The molecular formula is C21H30N4O2. The molecule has 0 unspecified atom stereocenters. The normalized spacial score (nSPS) is 14.9. The summed E-state index contributed by atoms with van der Waals surface area (Å²) >= 11 is 0. The van der Waals surface area contributed by atoms with E-state index in [0.29, 0.717) is 0 Å². The molecule has 1 fully saturated rings. The molecular weight excluding hydrogens is 340 g/mol. The molecule has 1 aliphatic rings. The van der Waals surface area contributed by atoms with Crippen molar-refractivity contribution in [1.29, 1.82) is 0 Å². The molecule has 6 heteroatoms. The van der Waals surface area contributed by atoms with E-state index in [-0.39, 0.29) is 0 Å². The predicted molar refractivity (Wildman–Crippen MR) is 109 cm³/mol. The Labute approximate surface area is 161 Å². The molecule has 1 N–H and O–H groups in total. The Morgan fingerprint density at radius 2 is 1.81 bits per heavy atom. The SMILES string of the molecule is COc1ccc(CCNc2cc(C)nc(N3CCC(C)CC3)n2)cc1OC. The van der Waals surface area contributed by atoms with Crippen LogP contribution in [0.4, 0.5) is 11.8 Å². The number of aromatic nitrogens is 2. The molecule has 0 radical (unpaired) electrons. The van der Waals surface area contributed by atoms with Gasteiger partial charge in [0.2, 0.25) is 5.95 Å². The van der Waals surface area contributed by atoms with Crippen molar-refractivity contribution >= 4 is 11.8 Å². The third kappa shape index (κ3) is 5.02. The van der Waals surface area contributed by atoms with Crippen molar-refractivity contribution in [2.45, 2.75) is 33.1 Å². The molecule has 3 rings (SSSR count). The van der Waals surface area contributed by atoms with Crippen LogP contribution in [-0.4, -0.2) is 43.8 Å². The zero-order valence-corrected chi connectivity index (χ0v) is 16.8. The number of anilines is 2. The number of rotatable bonds is 7. The minimum absolute atomic E-state index is 0.751. The van der Waals surface area contributed by atoms with Gasteiger partial charge >= 0.3 is 0 Å². The van der Waals surface area contributed by atoms with Crippen LogP contribution >= 0.6 is 0 Å². The van der Waals surface area contributed by atoms with Crippen LogP contribution < -0.4 is 19.7 Å². The van der Waals surface area contributed by atoms with Crippen LogP contribution in [0.15, 0.2) is 24.3 Å². The van der Waals surface area contributed by atoms with E-state index in [0.717, 1.165) is 60.9 Å². The van der Waals surface area contributed by atoms with Gasteiger partial charge in [-0.3, -0.25) is 0 Å². The third-order valence-corrected chi connectivity index (χ3v) is 5.08. The van der Waals surface area contributed by atoms with Crippen LogP contribution in [0.5, 0.6) is 11.5 Å². The lowest BCUT2D eigenvalue weighted by atomic mass is 10.00. The minimum Gasteiger partial charge on any atom is -0.493 e. The van der Waals surface area contributed by atoms with Gasteiger partial charge in [0.05, 0.1) is 14.2 Å². The average Bonchev–Trinajstić information content (AvgIpc) is 2.68. The Kier molecular flexibility index (Phi) is 6.37. The zero-order chi connectivity index (χ0) is 19.2. The van der Waals surface area contributed by atoms with Crippen molar-refractivity contribution in [2.75, 3.05) is 44.1 Å². The highest BCUT2D eigenvalue weighted by Gasteiger charge is 2.18. The highest BCUT2D eigenvalue weighted by atomic mass is 16.5. The summed E-state index contributed by atoms with van der Waals surface area (Å²) in [5.41, 5.74) is 2.18. The molecule has 1 saturated heterocycles. The van der Waals surface area contributed by atoms with E-state index in [4.69, 9.17) is 14.5 Å². The smallest absolute Gasteiger partial charge is 0.227 e. The first-order valence-corrected chi connectivity index (χ1v) is 9.64. The van der Waals surface area contributed by atoms with Crippen LogP contribution in [0.2, 0.25) is 0 Å². The van der Waals surface area contributed by atoms with Crippen molar-refractivity contribution in [3.63, 3.8) is 0 Å². The first-order valence-electron chi connectivity index (χ1n) is 9.64. The zero-order valence-electron chi connectivity index (χ0n) is 16.8. The Hall–Kier alpha value is -2.50. The van der Waals surface area contributed by atoms with Gasteiger partial charge in [0, 0.05) is 31.4 Å². The number of piperidine rings is 1. The second kappa shape index (κ2) is 8.93. The lowest BCUT2D eigenvalue weighted by Gasteiger charge is -2.30. The molecule has 2 aromatic rings. The first-order chi connectivity index (χ1) is 13.1. The molecule has 0 bridgehead atoms. The number of aryl methyl sites for hydroxylation is 1.